The van der Waals surface area contributed by atoms with E-state index in [1.807, 2.05) is 0 Å². The maximum absolute atomic E-state index is 3.57. The van der Waals surface area contributed by atoms with Gasteiger partial charge in [-0.25, -0.2) is 0 Å². The molecule has 92 valence electrons. The first kappa shape index (κ1) is 13.3. The van der Waals surface area contributed by atoms with Gasteiger partial charge in [-0.05, 0) is 37.9 Å². The van der Waals surface area contributed by atoms with Crippen molar-refractivity contribution in [3.63, 3.8) is 0 Å². The molecule has 0 aliphatic heterocycles. The van der Waals surface area contributed by atoms with Crippen LogP contribution in [0, 0.1) is 19.8 Å². The van der Waals surface area contributed by atoms with Crippen molar-refractivity contribution in [1.29, 1.82) is 0 Å². The van der Waals surface area contributed by atoms with Crippen molar-refractivity contribution in [3.8, 4) is 0 Å². The zero-order valence-corrected chi connectivity index (χ0v) is 11.4. The molecule has 0 saturated carbocycles. The molecule has 0 aliphatic rings. The van der Waals surface area contributed by atoms with Gasteiger partial charge >= 0.3 is 0 Å². The van der Waals surface area contributed by atoms with E-state index in [1.165, 1.54) is 29.8 Å². The van der Waals surface area contributed by atoms with Crippen LogP contribution in [0.25, 0.3) is 0 Å². The number of aromatic nitrogens is 1. The third kappa shape index (κ3) is 3.11. The molecule has 0 unspecified atom stereocenters. The lowest BCUT2D eigenvalue weighted by atomic mass is 10.0. The number of rotatable bonds is 6. The van der Waals surface area contributed by atoms with E-state index >= 15 is 0 Å². The van der Waals surface area contributed by atoms with Crippen molar-refractivity contribution in [3.05, 3.63) is 23.0 Å². The highest BCUT2D eigenvalue weighted by Gasteiger charge is 2.07. The van der Waals surface area contributed by atoms with Crippen molar-refractivity contribution >= 4 is 0 Å². The van der Waals surface area contributed by atoms with Gasteiger partial charge in [0.05, 0.1) is 0 Å². The predicted molar refractivity (Wildman–Crippen MR) is 70.7 cm³/mol. The van der Waals surface area contributed by atoms with Crippen LogP contribution in [-0.2, 0) is 13.6 Å². The van der Waals surface area contributed by atoms with Crippen LogP contribution >= 0.6 is 0 Å². The van der Waals surface area contributed by atoms with Crippen molar-refractivity contribution in [2.24, 2.45) is 13.0 Å². The SMILES string of the molecule is CCC(CC)CNCc1cc(C)n(C)c1C. The predicted octanol–water partition coefficient (Wildman–Crippen LogP) is 3.17. The Kier molecular flexibility index (Phi) is 5.07. The van der Waals surface area contributed by atoms with Gasteiger partial charge in [0.1, 0.15) is 0 Å². The first-order chi connectivity index (χ1) is 7.60. The van der Waals surface area contributed by atoms with Crippen molar-refractivity contribution in [2.45, 2.75) is 47.1 Å². The van der Waals surface area contributed by atoms with Crippen molar-refractivity contribution in [2.75, 3.05) is 6.54 Å². The average molecular weight is 222 g/mol. The van der Waals surface area contributed by atoms with E-state index in [0.717, 1.165) is 19.0 Å². The number of hydrogen-bond acceptors (Lipinski definition) is 1. The van der Waals surface area contributed by atoms with Crippen molar-refractivity contribution < 1.29 is 0 Å². The topological polar surface area (TPSA) is 17.0 Å². The Morgan fingerprint density at radius 1 is 1.25 bits per heavy atom. The van der Waals surface area contributed by atoms with E-state index in [4.69, 9.17) is 0 Å². The van der Waals surface area contributed by atoms with Gasteiger partial charge in [-0.3, -0.25) is 0 Å². The van der Waals surface area contributed by atoms with Crippen LogP contribution in [0.15, 0.2) is 6.07 Å². The zero-order chi connectivity index (χ0) is 12.1. The molecule has 0 saturated heterocycles. The zero-order valence-electron chi connectivity index (χ0n) is 11.4. The standard InChI is InChI=1S/C14H26N2/c1-6-13(7-2)9-15-10-14-8-11(3)16(5)12(14)4/h8,13,15H,6-7,9-10H2,1-5H3. The summed E-state index contributed by atoms with van der Waals surface area (Å²) >= 11 is 0. The molecule has 0 aromatic carbocycles. The van der Waals surface area contributed by atoms with E-state index in [9.17, 15) is 0 Å². The molecule has 0 fully saturated rings. The Bertz CT molecular complexity index is 322. The summed E-state index contributed by atoms with van der Waals surface area (Å²) in [5.41, 5.74) is 4.16. The van der Waals surface area contributed by atoms with Crippen LogP contribution in [-0.4, -0.2) is 11.1 Å². The van der Waals surface area contributed by atoms with Crippen LogP contribution in [0.4, 0.5) is 0 Å². The minimum Gasteiger partial charge on any atom is -0.352 e. The van der Waals surface area contributed by atoms with Crippen LogP contribution in [0.2, 0.25) is 0 Å². The average Bonchev–Trinajstić information content (AvgIpc) is 2.52. The monoisotopic (exact) mass is 222 g/mol. The molecule has 16 heavy (non-hydrogen) atoms. The summed E-state index contributed by atoms with van der Waals surface area (Å²) < 4.78 is 2.26. The fourth-order valence-corrected chi connectivity index (χ4v) is 2.10. The lowest BCUT2D eigenvalue weighted by molar-refractivity contribution is 0.449. The molecule has 0 aliphatic carbocycles. The third-order valence-electron chi connectivity index (χ3n) is 3.78. The molecule has 0 radical (unpaired) electrons. The molecule has 1 aromatic heterocycles. The van der Waals surface area contributed by atoms with Crippen LogP contribution in [0.3, 0.4) is 0 Å². The number of hydrogen-bond donors (Lipinski definition) is 1. The highest BCUT2D eigenvalue weighted by Crippen LogP contribution is 2.13. The Labute approximate surface area is 100 Å². The van der Waals surface area contributed by atoms with Gasteiger partial charge in [0, 0.05) is 25.0 Å². The second-order valence-corrected chi connectivity index (χ2v) is 4.77. The Morgan fingerprint density at radius 2 is 1.88 bits per heavy atom. The fraction of sp³-hybridized carbons (Fsp3) is 0.714. The first-order valence-corrected chi connectivity index (χ1v) is 6.42. The van der Waals surface area contributed by atoms with Crippen molar-refractivity contribution in [1.82, 2.24) is 9.88 Å². The fourth-order valence-electron chi connectivity index (χ4n) is 2.10. The van der Waals surface area contributed by atoms with E-state index < -0.39 is 0 Å². The van der Waals surface area contributed by atoms with E-state index in [-0.39, 0.29) is 0 Å². The lowest BCUT2D eigenvalue weighted by Crippen LogP contribution is -2.21. The number of nitrogens with one attached hydrogen (secondary N) is 1. The van der Waals surface area contributed by atoms with Gasteiger partial charge in [-0.1, -0.05) is 26.7 Å². The molecule has 1 N–H and O–H groups in total. The lowest BCUT2D eigenvalue weighted by Gasteiger charge is -2.13. The molecule has 1 rings (SSSR count). The van der Waals surface area contributed by atoms with Crippen LogP contribution in [0.1, 0.15) is 43.6 Å². The summed E-state index contributed by atoms with van der Waals surface area (Å²) in [7, 11) is 2.13. The number of nitrogens with zero attached hydrogens (tertiary/aromatic N) is 1. The minimum absolute atomic E-state index is 0.824. The van der Waals surface area contributed by atoms with E-state index in [2.05, 4.69) is 50.7 Å². The largest absolute Gasteiger partial charge is 0.352 e. The summed E-state index contributed by atoms with van der Waals surface area (Å²) in [6, 6.07) is 2.29. The smallest absolute Gasteiger partial charge is 0.0223 e. The van der Waals surface area contributed by atoms with Crippen LogP contribution < -0.4 is 5.32 Å². The second-order valence-electron chi connectivity index (χ2n) is 4.77. The molecule has 2 nitrogen and oxygen atoms in total. The second kappa shape index (κ2) is 6.09. The molecule has 0 amide bonds. The maximum atomic E-state index is 3.57. The number of aryl methyl sites for hydroxylation is 1. The molecule has 0 atom stereocenters. The Morgan fingerprint density at radius 3 is 2.31 bits per heavy atom. The van der Waals surface area contributed by atoms with Gasteiger partial charge in [-0.15, -0.1) is 0 Å². The Balaban J connectivity index is 2.46. The molecule has 0 spiro atoms. The highest BCUT2D eigenvalue weighted by atomic mass is 15.0. The molecular weight excluding hydrogens is 196 g/mol. The quantitative estimate of drug-likeness (QED) is 0.782. The van der Waals surface area contributed by atoms with Gasteiger partial charge in [0.25, 0.3) is 0 Å². The summed E-state index contributed by atoms with van der Waals surface area (Å²) in [4.78, 5) is 0. The summed E-state index contributed by atoms with van der Waals surface area (Å²) in [6.07, 6.45) is 2.55. The van der Waals surface area contributed by atoms with E-state index in [0.29, 0.717) is 0 Å². The molecule has 2 heteroatoms. The normalized spacial score (nSPS) is 11.4. The molecule has 1 aromatic rings. The summed E-state index contributed by atoms with van der Waals surface area (Å²) in [5, 5.41) is 3.57. The molecule has 1 heterocycles. The minimum atomic E-state index is 0.824. The summed E-state index contributed by atoms with van der Waals surface area (Å²) in [6.45, 7) is 11.0. The third-order valence-corrected chi connectivity index (χ3v) is 3.78. The van der Waals surface area contributed by atoms with E-state index in [1.54, 1.807) is 0 Å². The van der Waals surface area contributed by atoms with Gasteiger partial charge in [-0.2, -0.15) is 0 Å². The highest BCUT2D eigenvalue weighted by molar-refractivity contribution is 5.26. The van der Waals surface area contributed by atoms with Gasteiger partial charge < -0.3 is 9.88 Å². The molecular formula is C14H26N2. The van der Waals surface area contributed by atoms with Crippen LogP contribution in [0.5, 0.6) is 0 Å². The van der Waals surface area contributed by atoms with Gasteiger partial charge in [0.2, 0.25) is 0 Å². The maximum Gasteiger partial charge on any atom is 0.0223 e. The summed E-state index contributed by atoms with van der Waals surface area (Å²) in [5.74, 6) is 0.824. The van der Waals surface area contributed by atoms with Gasteiger partial charge in [0.15, 0.2) is 0 Å². The Hall–Kier alpha value is -0.760. The molecule has 0 bridgehead atoms. The first-order valence-electron chi connectivity index (χ1n) is 6.42.